The van der Waals surface area contributed by atoms with Gasteiger partial charge in [0.1, 0.15) is 6.04 Å². The number of nitrogens with two attached hydrogens (primary N) is 1. The minimum Gasteiger partial charge on any atom is -0.376 e. The van der Waals surface area contributed by atoms with Crippen LogP contribution in [0.3, 0.4) is 0 Å². The van der Waals surface area contributed by atoms with E-state index in [9.17, 15) is 14.4 Å². The Bertz CT molecular complexity index is 911. The van der Waals surface area contributed by atoms with E-state index in [0.29, 0.717) is 18.9 Å². The Kier molecular flexibility index (Phi) is 6.01. The zero-order valence-electron chi connectivity index (χ0n) is 18.4. The van der Waals surface area contributed by atoms with Crippen LogP contribution in [0, 0.1) is 5.92 Å². The van der Waals surface area contributed by atoms with Gasteiger partial charge in [-0.05, 0) is 62.2 Å². The van der Waals surface area contributed by atoms with Crippen LogP contribution >= 0.6 is 0 Å². The summed E-state index contributed by atoms with van der Waals surface area (Å²) in [4.78, 5) is 41.1. The lowest BCUT2D eigenvalue weighted by Gasteiger charge is -2.40. The van der Waals surface area contributed by atoms with Gasteiger partial charge in [0.15, 0.2) is 0 Å². The first kappa shape index (κ1) is 21.6. The number of amides is 3. The molecule has 4 aliphatic heterocycles. The van der Waals surface area contributed by atoms with Gasteiger partial charge in [-0.3, -0.25) is 24.6 Å². The van der Waals surface area contributed by atoms with Gasteiger partial charge < -0.3 is 15.4 Å². The third-order valence-electron chi connectivity index (χ3n) is 7.54. The number of carbonyl (C=O) groups excluding carboxylic acids is 3. The van der Waals surface area contributed by atoms with Gasteiger partial charge in [-0.15, -0.1) is 0 Å². The maximum absolute atomic E-state index is 13.3. The Hall–Kier alpha value is -2.29. The van der Waals surface area contributed by atoms with Crippen LogP contribution < -0.4 is 11.1 Å². The van der Waals surface area contributed by atoms with Gasteiger partial charge in [0.25, 0.3) is 5.91 Å². The van der Waals surface area contributed by atoms with E-state index in [0.717, 1.165) is 68.6 Å². The number of ether oxygens (including phenoxy) is 1. The second-order valence-corrected chi connectivity index (χ2v) is 9.61. The van der Waals surface area contributed by atoms with Crippen molar-refractivity contribution >= 4 is 17.7 Å². The van der Waals surface area contributed by atoms with Crippen molar-refractivity contribution in [1.29, 1.82) is 0 Å². The fourth-order valence-corrected chi connectivity index (χ4v) is 5.81. The van der Waals surface area contributed by atoms with Gasteiger partial charge in [0.05, 0.1) is 6.10 Å². The van der Waals surface area contributed by atoms with Crippen LogP contribution in [0.15, 0.2) is 18.2 Å². The summed E-state index contributed by atoms with van der Waals surface area (Å²) in [5.41, 5.74) is 9.03. The Morgan fingerprint density at radius 1 is 1.09 bits per heavy atom. The highest BCUT2D eigenvalue weighted by Crippen LogP contribution is 2.32. The quantitative estimate of drug-likeness (QED) is 0.681. The molecule has 4 heterocycles. The first-order chi connectivity index (χ1) is 15.5. The summed E-state index contributed by atoms with van der Waals surface area (Å²) in [6, 6.07) is 5.56. The molecule has 1 unspecified atom stereocenters. The zero-order chi connectivity index (χ0) is 22.2. The smallest absolute Gasteiger partial charge is 0.255 e. The molecular formula is C24H32N4O4. The van der Waals surface area contributed by atoms with Crippen molar-refractivity contribution in [3.63, 3.8) is 0 Å². The average molecular weight is 441 g/mol. The fraction of sp³-hybridized carbons (Fsp3) is 0.625. The standard InChI is InChI=1S/C24H32N4O4/c25-18-5-2-12-32-22(18)15-8-10-27(11-9-15)13-16-3-1-4-17-14-28(24(31)21(16)17)19-6-7-20(29)26-23(19)30/h1,3-4,15,18-19,22H,2,5-14,25H2,(H,26,29,30)/t18-,19?,22+/m1/s1. The molecule has 8 nitrogen and oxygen atoms in total. The number of hydrogen-bond acceptors (Lipinski definition) is 6. The Morgan fingerprint density at radius 2 is 1.91 bits per heavy atom. The first-order valence-electron chi connectivity index (χ1n) is 11.9. The van der Waals surface area contributed by atoms with E-state index in [2.05, 4.69) is 10.2 Å². The Labute approximate surface area is 188 Å². The van der Waals surface area contributed by atoms with E-state index in [1.807, 2.05) is 18.2 Å². The van der Waals surface area contributed by atoms with Crippen LogP contribution in [-0.4, -0.2) is 65.4 Å². The van der Waals surface area contributed by atoms with Crippen molar-refractivity contribution in [2.24, 2.45) is 11.7 Å². The van der Waals surface area contributed by atoms with Crippen LogP contribution in [-0.2, 0) is 27.4 Å². The third kappa shape index (κ3) is 4.07. The molecule has 3 N–H and O–H groups in total. The van der Waals surface area contributed by atoms with Gasteiger partial charge in [-0.25, -0.2) is 0 Å². The molecule has 0 saturated carbocycles. The van der Waals surface area contributed by atoms with E-state index in [4.69, 9.17) is 10.5 Å². The molecule has 1 aromatic carbocycles. The molecule has 1 aromatic rings. The number of nitrogens with zero attached hydrogens (tertiary/aromatic N) is 2. The first-order valence-corrected chi connectivity index (χ1v) is 11.9. The van der Waals surface area contributed by atoms with E-state index in [1.165, 1.54) is 0 Å². The van der Waals surface area contributed by atoms with Crippen LogP contribution in [0.2, 0.25) is 0 Å². The van der Waals surface area contributed by atoms with Crippen molar-refractivity contribution in [2.45, 2.75) is 69.8 Å². The average Bonchev–Trinajstić information content (AvgIpc) is 3.12. The van der Waals surface area contributed by atoms with Gasteiger partial charge in [0.2, 0.25) is 11.8 Å². The minimum absolute atomic E-state index is 0.0958. The molecule has 3 atom stereocenters. The summed E-state index contributed by atoms with van der Waals surface area (Å²) >= 11 is 0. The molecule has 0 radical (unpaired) electrons. The van der Waals surface area contributed by atoms with Gasteiger partial charge in [0, 0.05) is 37.7 Å². The zero-order valence-corrected chi connectivity index (χ0v) is 18.4. The molecular weight excluding hydrogens is 408 g/mol. The molecule has 4 aliphatic rings. The summed E-state index contributed by atoms with van der Waals surface area (Å²) in [6.07, 6.45) is 5.06. The summed E-state index contributed by atoms with van der Waals surface area (Å²) in [7, 11) is 0. The van der Waals surface area contributed by atoms with Crippen LogP contribution in [0.4, 0.5) is 0 Å². The Balaban J connectivity index is 1.24. The lowest BCUT2D eigenvalue weighted by atomic mass is 9.85. The lowest BCUT2D eigenvalue weighted by Crippen LogP contribution is -2.52. The monoisotopic (exact) mass is 440 g/mol. The summed E-state index contributed by atoms with van der Waals surface area (Å²) < 4.78 is 6.00. The largest absolute Gasteiger partial charge is 0.376 e. The number of imide groups is 1. The molecule has 0 aliphatic carbocycles. The van der Waals surface area contributed by atoms with Gasteiger partial charge in [-0.1, -0.05) is 18.2 Å². The second-order valence-electron chi connectivity index (χ2n) is 9.61. The van der Waals surface area contributed by atoms with Gasteiger partial charge >= 0.3 is 0 Å². The number of nitrogens with one attached hydrogen (secondary N) is 1. The summed E-state index contributed by atoms with van der Waals surface area (Å²) in [5.74, 6) is -0.220. The van der Waals surface area contributed by atoms with Crippen LogP contribution in [0.1, 0.15) is 60.0 Å². The van der Waals surface area contributed by atoms with E-state index in [-0.39, 0.29) is 36.3 Å². The topological polar surface area (TPSA) is 105 Å². The molecule has 5 rings (SSSR count). The van der Waals surface area contributed by atoms with Crippen LogP contribution in [0.25, 0.3) is 0 Å². The maximum Gasteiger partial charge on any atom is 0.255 e. The number of likely N-dealkylation sites (tertiary alicyclic amines) is 1. The summed E-state index contributed by atoms with van der Waals surface area (Å²) in [5, 5.41) is 2.37. The molecule has 3 saturated heterocycles. The minimum atomic E-state index is -0.573. The van der Waals surface area contributed by atoms with Crippen molar-refractivity contribution in [3.8, 4) is 0 Å². The number of rotatable bonds is 4. The number of fused-ring (bicyclic) bond motifs is 1. The molecule has 0 bridgehead atoms. The van der Waals surface area contributed by atoms with E-state index < -0.39 is 6.04 Å². The van der Waals surface area contributed by atoms with Crippen molar-refractivity contribution in [1.82, 2.24) is 15.1 Å². The van der Waals surface area contributed by atoms with E-state index in [1.54, 1.807) is 4.90 Å². The third-order valence-corrected chi connectivity index (χ3v) is 7.54. The molecule has 172 valence electrons. The molecule has 0 spiro atoms. The number of carbonyl (C=O) groups is 3. The number of hydrogen-bond donors (Lipinski definition) is 2. The lowest BCUT2D eigenvalue weighted by molar-refractivity contribution is -0.136. The predicted octanol–water partition coefficient (Wildman–Crippen LogP) is 1.17. The number of piperidine rings is 2. The molecule has 3 amide bonds. The fourth-order valence-electron chi connectivity index (χ4n) is 5.81. The van der Waals surface area contributed by atoms with Crippen molar-refractivity contribution in [3.05, 3.63) is 34.9 Å². The normalized spacial score (nSPS) is 29.8. The highest BCUT2D eigenvalue weighted by Gasteiger charge is 2.40. The van der Waals surface area contributed by atoms with Crippen molar-refractivity contribution < 1.29 is 19.1 Å². The number of benzene rings is 1. The summed E-state index contributed by atoms with van der Waals surface area (Å²) in [6.45, 7) is 3.90. The highest BCUT2D eigenvalue weighted by atomic mass is 16.5. The second kappa shape index (κ2) is 8.92. The van der Waals surface area contributed by atoms with Gasteiger partial charge in [-0.2, -0.15) is 0 Å². The van der Waals surface area contributed by atoms with Crippen LogP contribution in [0.5, 0.6) is 0 Å². The molecule has 0 aromatic heterocycles. The van der Waals surface area contributed by atoms with Crippen molar-refractivity contribution in [2.75, 3.05) is 19.7 Å². The maximum atomic E-state index is 13.3. The van der Waals surface area contributed by atoms with E-state index >= 15 is 0 Å². The SMILES string of the molecule is N[C@@H]1CCCO[C@H]1C1CCN(Cc2cccc3c2C(=O)N(C2CCC(=O)NC2=O)C3)CC1. The Morgan fingerprint density at radius 3 is 2.66 bits per heavy atom. The molecule has 8 heteroatoms. The predicted molar refractivity (Wildman–Crippen MR) is 117 cm³/mol. The molecule has 3 fully saturated rings. The molecule has 32 heavy (non-hydrogen) atoms. The highest BCUT2D eigenvalue weighted by molar-refractivity contribution is 6.05.